The molecule has 0 aliphatic carbocycles. The Kier molecular flexibility index (Phi) is 4.89. The van der Waals surface area contributed by atoms with Crippen LogP contribution in [-0.4, -0.2) is 47.0 Å². The minimum Gasteiger partial charge on any atom is -0.309 e. The zero-order chi connectivity index (χ0) is 18.1. The Morgan fingerprint density at radius 2 is 1.80 bits per heavy atom. The van der Waals surface area contributed by atoms with Gasteiger partial charge in [-0.3, -0.25) is 0 Å². The number of sulfonamides is 1. The molecule has 8 heteroatoms. The molecule has 6 nitrogen and oxygen atoms in total. The lowest BCUT2D eigenvalue weighted by Gasteiger charge is -2.24. The van der Waals surface area contributed by atoms with Gasteiger partial charge in [-0.25, -0.2) is 21.6 Å². The molecule has 0 radical (unpaired) electrons. The molecule has 0 unspecified atom stereocenters. The van der Waals surface area contributed by atoms with Crippen LogP contribution in [0.4, 0.5) is 0 Å². The van der Waals surface area contributed by atoms with Gasteiger partial charge < -0.3 is 5.32 Å². The fourth-order valence-corrected chi connectivity index (χ4v) is 6.31. The highest BCUT2D eigenvalue weighted by molar-refractivity contribution is 7.91. The Hall–Kier alpha value is -1.48. The van der Waals surface area contributed by atoms with Gasteiger partial charge in [0.15, 0.2) is 9.84 Å². The third-order valence-corrected chi connectivity index (χ3v) is 7.87. The van der Waals surface area contributed by atoms with E-state index in [-0.39, 0.29) is 22.9 Å². The van der Waals surface area contributed by atoms with Gasteiger partial charge in [-0.15, -0.1) is 0 Å². The standard InChI is InChI=1S/C17H22N2O4S2/c1-17(8-11-24(20,21)13-17)18-9-10-19-25(22,23)16-7-6-14-4-2-3-5-15(14)12-16/h2-7,12,18-19H,8-11,13H2,1H3/t17-/m1/s1. The van der Waals surface area contributed by atoms with E-state index in [9.17, 15) is 16.8 Å². The number of sulfone groups is 1. The van der Waals surface area contributed by atoms with Crippen molar-refractivity contribution >= 4 is 30.6 Å². The lowest BCUT2D eigenvalue weighted by molar-refractivity contribution is 0.400. The van der Waals surface area contributed by atoms with Gasteiger partial charge in [0.1, 0.15) is 0 Å². The fourth-order valence-electron chi connectivity index (χ4n) is 3.12. The first-order valence-corrected chi connectivity index (χ1v) is 11.4. The van der Waals surface area contributed by atoms with Crippen LogP contribution in [-0.2, 0) is 19.9 Å². The van der Waals surface area contributed by atoms with Crippen molar-refractivity contribution in [3.8, 4) is 0 Å². The van der Waals surface area contributed by atoms with Crippen molar-refractivity contribution in [1.29, 1.82) is 0 Å². The predicted octanol–water partition coefficient (Wildman–Crippen LogP) is 1.28. The van der Waals surface area contributed by atoms with Crippen molar-refractivity contribution in [3.05, 3.63) is 42.5 Å². The summed E-state index contributed by atoms with van der Waals surface area (Å²) >= 11 is 0. The first kappa shape index (κ1) is 18.3. The molecule has 25 heavy (non-hydrogen) atoms. The number of rotatable bonds is 6. The van der Waals surface area contributed by atoms with Crippen LogP contribution < -0.4 is 10.0 Å². The molecule has 2 aromatic rings. The summed E-state index contributed by atoms with van der Waals surface area (Å²) in [5, 5.41) is 5.01. The van der Waals surface area contributed by atoms with Crippen molar-refractivity contribution in [2.75, 3.05) is 24.6 Å². The normalized spacial score (nSPS) is 23.1. The van der Waals surface area contributed by atoms with E-state index >= 15 is 0 Å². The molecule has 3 rings (SSSR count). The topological polar surface area (TPSA) is 92.3 Å². The van der Waals surface area contributed by atoms with Gasteiger partial charge in [0.25, 0.3) is 0 Å². The Morgan fingerprint density at radius 1 is 1.08 bits per heavy atom. The second kappa shape index (κ2) is 6.68. The number of hydrogen-bond acceptors (Lipinski definition) is 5. The molecule has 1 aliphatic heterocycles. The summed E-state index contributed by atoms with van der Waals surface area (Å²) in [6.45, 7) is 2.43. The van der Waals surface area contributed by atoms with Crippen LogP contribution in [0.15, 0.2) is 47.4 Å². The summed E-state index contributed by atoms with van der Waals surface area (Å²) in [6, 6.07) is 12.6. The summed E-state index contributed by atoms with van der Waals surface area (Å²) in [5.74, 6) is 0.275. The van der Waals surface area contributed by atoms with E-state index in [1.807, 2.05) is 31.2 Å². The minimum absolute atomic E-state index is 0.0947. The van der Waals surface area contributed by atoms with Crippen LogP contribution in [0.2, 0.25) is 0 Å². The van der Waals surface area contributed by atoms with Crippen LogP contribution in [0.1, 0.15) is 13.3 Å². The van der Waals surface area contributed by atoms with E-state index < -0.39 is 25.4 Å². The zero-order valence-corrected chi connectivity index (χ0v) is 15.7. The Bertz CT molecular complexity index is 987. The Labute approximate surface area is 148 Å². The van der Waals surface area contributed by atoms with Gasteiger partial charge >= 0.3 is 0 Å². The van der Waals surface area contributed by atoms with Crippen molar-refractivity contribution in [3.63, 3.8) is 0 Å². The molecule has 1 aliphatic rings. The van der Waals surface area contributed by atoms with E-state index in [4.69, 9.17) is 0 Å². The number of nitrogens with one attached hydrogen (secondary N) is 2. The van der Waals surface area contributed by atoms with E-state index in [2.05, 4.69) is 10.0 Å². The highest BCUT2D eigenvalue weighted by atomic mass is 32.2. The molecular weight excluding hydrogens is 360 g/mol. The highest BCUT2D eigenvalue weighted by Gasteiger charge is 2.37. The molecule has 136 valence electrons. The lowest BCUT2D eigenvalue weighted by Crippen LogP contribution is -2.46. The van der Waals surface area contributed by atoms with Gasteiger partial charge in [-0.05, 0) is 36.2 Å². The molecule has 0 aromatic heterocycles. The monoisotopic (exact) mass is 382 g/mol. The first-order chi connectivity index (χ1) is 11.7. The van der Waals surface area contributed by atoms with Gasteiger partial charge in [-0.1, -0.05) is 30.3 Å². The maximum atomic E-state index is 12.4. The Balaban J connectivity index is 1.60. The molecule has 2 N–H and O–H groups in total. The van der Waals surface area contributed by atoms with Gasteiger partial charge in [-0.2, -0.15) is 0 Å². The SMILES string of the molecule is C[C@@]1(NCCNS(=O)(=O)c2ccc3ccccc3c2)CCS(=O)(=O)C1. The Morgan fingerprint density at radius 3 is 2.48 bits per heavy atom. The summed E-state index contributed by atoms with van der Waals surface area (Å²) in [5.41, 5.74) is -0.479. The minimum atomic E-state index is -3.60. The smallest absolute Gasteiger partial charge is 0.240 e. The predicted molar refractivity (Wildman–Crippen MR) is 98.8 cm³/mol. The largest absolute Gasteiger partial charge is 0.309 e. The van der Waals surface area contributed by atoms with Crippen molar-refractivity contribution in [1.82, 2.24) is 10.0 Å². The quantitative estimate of drug-likeness (QED) is 0.735. The van der Waals surface area contributed by atoms with Crippen molar-refractivity contribution < 1.29 is 16.8 Å². The van der Waals surface area contributed by atoms with Crippen LogP contribution in [0, 0.1) is 0 Å². The van der Waals surface area contributed by atoms with Crippen LogP contribution in [0.3, 0.4) is 0 Å². The molecule has 1 heterocycles. The maximum absolute atomic E-state index is 12.4. The second-order valence-corrected chi connectivity index (χ2v) is 10.7. The average molecular weight is 383 g/mol. The van der Waals surface area contributed by atoms with Crippen LogP contribution in [0.25, 0.3) is 10.8 Å². The molecule has 1 atom stereocenters. The third-order valence-electron chi connectivity index (χ3n) is 4.50. The molecule has 0 bridgehead atoms. The maximum Gasteiger partial charge on any atom is 0.240 e. The third kappa shape index (κ3) is 4.38. The molecule has 1 saturated heterocycles. The second-order valence-electron chi connectivity index (χ2n) is 6.74. The molecule has 2 aromatic carbocycles. The van der Waals surface area contributed by atoms with E-state index in [1.54, 1.807) is 18.2 Å². The lowest BCUT2D eigenvalue weighted by atomic mass is 10.0. The summed E-state index contributed by atoms with van der Waals surface area (Å²) in [7, 11) is -6.58. The van der Waals surface area contributed by atoms with E-state index in [0.717, 1.165) is 10.8 Å². The molecule has 0 amide bonds. The summed E-state index contributed by atoms with van der Waals surface area (Å²) in [6.07, 6.45) is 0.548. The van der Waals surface area contributed by atoms with Crippen LogP contribution in [0.5, 0.6) is 0 Å². The average Bonchev–Trinajstić information content (AvgIpc) is 2.85. The highest BCUT2D eigenvalue weighted by Crippen LogP contribution is 2.22. The number of benzene rings is 2. The fraction of sp³-hybridized carbons (Fsp3) is 0.412. The molecule has 0 saturated carbocycles. The summed E-state index contributed by atoms with van der Waals surface area (Å²) < 4.78 is 50.6. The van der Waals surface area contributed by atoms with Crippen LogP contribution >= 0.6 is 0 Å². The number of fused-ring (bicyclic) bond motifs is 1. The summed E-state index contributed by atoms with van der Waals surface area (Å²) in [4.78, 5) is 0.223. The van der Waals surface area contributed by atoms with Crippen molar-refractivity contribution in [2.45, 2.75) is 23.8 Å². The van der Waals surface area contributed by atoms with Gasteiger partial charge in [0, 0.05) is 18.6 Å². The first-order valence-electron chi connectivity index (χ1n) is 8.13. The van der Waals surface area contributed by atoms with E-state index in [1.165, 1.54) is 0 Å². The zero-order valence-electron chi connectivity index (χ0n) is 14.0. The van der Waals surface area contributed by atoms with Crippen molar-refractivity contribution in [2.24, 2.45) is 0 Å². The number of hydrogen-bond donors (Lipinski definition) is 2. The molecular formula is C17H22N2O4S2. The molecule has 1 fully saturated rings. The van der Waals surface area contributed by atoms with E-state index in [0.29, 0.717) is 13.0 Å². The van der Waals surface area contributed by atoms with Gasteiger partial charge in [0.05, 0.1) is 16.4 Å². The van der Waals surface area contributed by atoms with Gasteiger partial charge in [0.2, 0.25) is 10.0 Å². The molecule has 0 spiro atoms.